The van der Waals surface area contributed by atoms with Gasteiger partial charge in [0.2, 0.25) is 5.69 Å². The van der Waals surface area contributed by atoms with E-state index >= 15 is 0 Å². The van der Waals surface area contributed by atoms with E-state index in [1.807, 2.05) is 28.8 Å². The van der Waals surface area contributed by atoms with Crippen LogP contribution in [-0.2, 0) is 42.7 Å². The van der Waals surface area contributed by atoms with Gasteiger partial charge in [-0.05, 0) is 131 Å². The SMILES string of the molecule is [2H]C([2H])([2H])c1cc(-n2c3[c-]c(Oc4[c-]c([N+]5=C=[N+](c6c(-c7ccccc7)cc(C(C)(C)C)cc6-c6ccc(-c7ccccc7)cc6)c6ccccc65)ccc4)ccc3c3cc(C(C)(C)C)ccc32)ncc1-c1ccc2c(c1)C(C)(C)CCC2(C)C.[Pt+2]. The van der Waals surface area contributed by atoms with Gasteiger partial charge in [0, 0.05) is 45.0 Å². The number of para-hydroxylation sites is 2. The van der Waals surface area contributed by atoms with Crippen molar-refractivity contribution >= 4 is 50.6 Å². The van der Waals surface area contributed by atoms with Gasteiger partial charge in [-0.1, -0.05) is 219 Å². The Labute approximate surface area is 508 Å². The fourth-order valence-electron chi connectivity index (χ4n) is 12.2. The third-order valence-electron chi connectivity index (χ3n) is 17.2. The molecule has 0 spiro atoms. The standard InChI is InChI=1S/C77H70N4O.Pt/c1-50-41-72(78-48-65(50)55-33-37-66-67(42-55)77(10,11)40-39-76(66,8)9)81-68-38-34-56(74(2,3)4)43-64(68)61-36-35-60(47-71(61)81)82-59-26-20-25-58(46-59)79-49-80(70-28-19-18-27-69(70)79)73-62(53-23-16-13-17-24-53)44-57(75(5,6)7)45-63(73)54-31-29-52(30-32-54)51-21-14-12-15-22-51;/h12-38,41-45,48H,39-40H2,1-11H3;/q;+2/i1D3;. The average Bonchev–Trinajstić information content (AvgIpc) is 1.49. The summed E-state index contributed by atoms with van der Waals surface area (Å²) in [5.41, 5.74) is 18.4. The molecule has 83 heavy (non-hydrogen) atoms. The van der Waals surface area contributed by atoms with E-state index < -0.39 is 6.85 Å². The van der Waals surface area contributed by atoms with Crippen LogP contribution in [-0.4, -0.2) is 15.6 Å². The summed E-state index contributed by atoms with van der Waals surface area (Å²) in [5, 5.41) is 1.96. The number of aromatic nitrogens is 2. The summed E-state index contributed by atoms with van der Waals surface area (Å²) in [6.45, 7) is 20.2. The Kier molecular flexibility index (Phi) is 13.0. The molecule has 2 aliphatic rings. The van der Waals surface area contributed by atoms with Crippen molar-refractivity contribution < 1.29 is 29.9 Å². The number of hydrogen-bond donors (Lipinski definition) is 0. The van der Waals surface area contributed by atoms with Gasteiger partial charge in [0.25, 0.3) is 11.4 Å². The molecule has 0 radical (unpaired) electrons. The molecule has 9 aromatic carbocycles. The second-order valence-corrected chi connectivity index (χ2v) is 25.8. The molecule has 0 saturated carbocycles. The first kappa shape index (κ1) is 51.7. The molecule has 1 aliphatic heterocycles. The summed E-state index contributed by atoms with van der Waals surface area (Å²) in [5.74, 6) is 1.45. The van der Waals surface area contributed by atoms with Gasteiger partial charge in [0.05, 0.1) is 11.1 Å². The molecule has 5 nitrogen and oxygen atoms in total. The van der Waals surface area contributed by atoms with Crippen molar-refractivity contribution in [3.63, 3.8) is 0 Å². The molecule has 2 aromatic heterocycles. The van der Waals surface area contributed by atoms with Gasteiger partial charge in [-0.25, -0.2) is 4.98 Å². The Balaban J connectivity index is 0.00000724. The third kappa shape index (κ3) is 10.1. The molecule has 0 amide bonds. The fourth-order valence-corrected chi connectivity index (χ4v) is 12.2. The van der Waals surface area contributed by atoms with Crippen LogP contribution < -0.4 is 13.9 Å². The van der Waals surface area contributed by atoms with Crippen LogP contribution in [0.25, 0.3) is 72.1 Å². The van der Waals surface area contributed by atoms with Crippen LogP contribution in [0, 0.1) is 19.0 Å². The van der Waals surface area contributed by atoms with Crippen LogP contribution in [0.15, 0.2) is 200 Å². The Hall–Kier alpha value is -8.20. The minimum Gasteiger partial charge on any atom is -0.509 e. The molecular weight excluding hydrogens is 1190 g/mol. The first-order valence-electron chi connectivity index (χ1n) is 30.2. The molecule has 6 heteroatoms. The minimum absolute atomic E-state index is 0. The van der Waals surface area contributed by atoms with Gasteiger partial charge >= 0.3 is 27.1 Å². The van der Waals surface area contributed by atoms with Crippen molar-refractivity contribution in [2.75, 3.05) is 0 Å². The number of nitrogens with zero attached hydrogens (tertiary/aromatic N) is 4. The van der Waals surface area contributed by atoms with Crippen molar-refractivity contribution in [1.82, 2.24) is 18.7 Å². The predicted octanol–water partition coefficient (Wildman–Crippen LogP) is 20.3. The summed E-state index contributed by atoms with van der Waals surface area (Å²) in [4.78, 5) is 5.14. The van der Waals surface area contributed by atoms with Gasteiger partial charge < -0.3 is 9.30 Å². The van der Waals surface area contributed by atoms with Gasteiger partial charge in [-0.3, -0.25) is 0 Å². The Bertz CT molecular complexity index is 4540. The largest absolute Gasteiger partial charge is 2.00 e. The van der Waals surface area contributed by atoms with Crippen LogP contribution in [0.5, 0.6) is 11.5 Å². The number of benzene rings is 9. The van der Waals surface area contributed by atoms with E-state index in [1.54, 1.807) is 12.3 Å². The summed E-state index contributed by atoms with van der Waals surface area (Å²) >= 11 is 0. The molecule has 13 rings (SSSR count). The number of rotatable bonds is 9. The Morgan fingerprint density at radius 1 is 0.530 bits per heavy atom. The number of ether oxygens (including phenoxy) is 1. The van der Waals surface area contributed by atoms with Gasteiger partial charge in [-0.15, -0.1) is 23.6 Å². The monoisotopic (exact) mass is 1260 g/mol. The van der Waals surface area contributed by atoms with Crippen LogP contribution in [0.1, 0.15) is 114 Å². The van der Waals surface area contributed by atoms with Gasteiger partial charge in [0.1, 0.15) is 11.5 Å². The second-order valence-electron chi connectivity index (χ2n) is 25.8. The van der Waals surface area contributed by atoms with Crippen LogP contribution in [0.2, 0.25) is 0 Å². The van der Waals surface area contributed by atoms with E-state index in [4.69, 9.17) is 13.8 Å². The molecule has 0 saturated heterocycles. The average molecular weight is 1270 g/mol. The fraction of sp³-hybridized carbons (Fsp3) is 0.221. The van der Waals surface area contributed by atoms with E-state index in [-0.39, 0.29) is 48.3 Å². The third-order valence-corrected chi connectivity index (χ3v) is 17.2. The molecule has 11 aromatic rings. The molecule has 0 atom stereocenters. The van der Waals surface area contributed by atoms with Crippen molar-refractivity contribution in [3.05, 3.63) is 240 Å². The van der Waals surface area contributed by atoms with Crippen molar-refractivity contribution in [2.24, 2.45) is 0 Å². The zero-order chi connectivity index (χ0) is 59.4. The summed E-state index contributed by atoms with van der Waals surface area (Å²) < 4.78 is 40.1. The maximum atomic E-state index is 8.97. The quantitative estimate of drug-likeness (QED) is 0.107. The van der Waals surface area contributed by atoms with E-state index in [9.17, 15) is 0 Å². The number of hydrogen-bond acceptors (Lipinski definition) is 2. The van der Waals surface area contributed by atoms with E-state index in [2.05, 4.69) is 260 Å². The molecule has 0 bridgehead atoms. The smallest absolute Gasteiger partial charge is 0.509 e. The van der Waals surface area contributed by atoms with Gasteiger partial charge in [0.15, 0.2) is 0 Å². The predicted molar refractivity (Wildman–Crippen MR) is 343 cm³/mol. The molecule has 0 fully saturated rings. The number of aryl methyl sites for hydroxylation is 1. The molecule has 1 aliphatic carbocycles. The molecular formula is C77H70N4OPt+2. The minimum atomic E-state index is -2.44. The zero-order valence-corrected chi connectivity index (χ0v) is 51.3. The first-order chi connectivity index (χ1) is 40.5. The van der Waals surface area contributed by atoms with E-state index in [1.165, 1.54) is 27.8 Å². The Morgan fingerprint density at radius 2 is 1.12 bits per heavy atom. The molecule has 0 unspecified atom stereocenters. The molecule has 0 N–H and O–H groups in total. The van der Waals surface area contributed by atoms with Crippen LogP contribution in [0.3, 0.4) is 0 Å². The van der Waals surface area contributed by atoms with Crippen molar-refractivity contribution in [1.29, 1.82) is 0 Å². The van der Waals surface area contributed by atoms with E-state index in [0.717, 1.165) is 85.3 Å². The first-order valence-corrected chi connectivity index (χ1v) is 28.7. The van der Waals surface area contributed by atoms with Crippen LogP contribution in [0.4, 0.5) is 22.7 Å². The normalized spacial score (nSPS) is 15.1. The van der Waals surface area contributed by atoms with Gasteiger partial charge in [-0.2, -0.15) is 12.1 Å². The summed E-state index contributed by atoms with van der Waals surface area (Å²) in [6.07, 6.45) is 3.90. The maximum Gasteiger partial charge on any atom is 2.00 e. The number of fused-ring (bicyclic) bond motifs is 5. The second kappa shape index (κ2) is 20.9. The van der Waals surface area contributed by atoms with E-state index in [0.29, 0.717) is 28.4 Å². The zero-order valence-electron chi connectivity index (χ0n) is 52.0. The maximum absolute atomic E-state index is 8.97. The molecule has 3 heterocycles. The van der Waals surface area contributed by atoms with Crippen molar-refractivity contribution in [2.45, 2.75) is 111 Å². The van der Waals surface area contributed by atoms with Crippen molar-refractivity contribution in [3.8, 4) is 61.8 Å². The summed E-state index contributed by atoms with van der Waals surface area (Å²) in [6, 6.07) is 79.1. The number of pyridine rings is 1. The topological polar surface area (TPSA) is 33.1 Å². The summed E-state index contributed by atoms with van der Waals surface area (Å²) in [7, 11) is 0. The Morgan fingerprint density at radius 3 is 1.80 bits per heavy atom. The van der Waals surface area contributed by atoms with Crippen LogP contribution >= 0.6 is 0 Å². The molecule has 412 valence electrons.